The van der Waals surface area contributed by atoms with Gasteiger partial charge in [-0.25, -0.2) is 0 Å². The third-order valence-corrected chi connectivity index (χ3v) is 4.07. The summed E-state index contributed by atoms with van der Waals surface area (Å²) in [7, 11) is 0. The number of hydrogen-bond donors (Lipinski definition) is 1. The summed E-state index contributed by atoms with van der Waals surface area (Å²) in [6.45, 7) is 11.1. The summed E-state index contributed by atoms with van der Waals surface area (Å²) < 4.78 is 0. The lowest BCUT2D eigenvalue weighted by Crippen LogP contribution is -2.20. The highest BCUT2D eigenvalue weighted by molar-refractivity contribution is 5.41. The zero-order valence-electron chi connectivity index (χ0n) is 13.9. The van der Waals surface area contributed by atoms with E-state index in [4.69, 9.17) is 5.73 Å². The highest BCUT2D eigenvalue weighted by atomic mass is 14.6. The largest absolute Gasteiger partial charge is 0.320 e. The van der Waals surface area contributed by atoms with Crippen molar-refractivity contribution in [2.24, 2.45) is 5.73 Å². The highest BCUT2D eigenvalue weighted by Gasteiger charge is 2.21. The van der Waals surface area contributed by atoms with Crippen LogP contribution in [0.5, 0.6) is 0 Å². The average Bonchev–Trinajstić information content (AvgIpc) is 2.45. The lowest BCUT2D eigenvalue weighted by Gasteiger charge is -2.26. The standard InChI is InChI=1S/C20H27N/c1-14(2)15-10-12-16(13-11-15)19(21)17-8-6-7-9-18(17)20(3,4)5/h6-14,19H,21H2,1-5H3. The van der Waals surface area contributed by atoms with Crippen molar-refractivity contribution in [3.8, 4) is 0 Å². The van der Waals surface area contributed by atoms with Gasteiger partial charge in [-0.1, -0.05) is 83.1 Å². The average molecular weight is 281 g/mol. The summed E-state index contributed by atoms with van der Waals surface area (Å²) in [6, 6.07) is 17.2. The van der Waals surface area contributed by atoms with E-state index in [9.17, 15) is 0 Å². The molecule has 1 nitrogen and oxygen atoms in total. The number of nitrogens with two attached hydrogens (primary N) is 1. The molecule has 0 heterocycles. The van der Waals surface area contributed by atoms with Crippen LogP contribution in [-0.4, -0.2) is 0 Å². The SMILES string of the molecule is CC(C)c1ccc(C(N)c2ccccc2C(C)(C)C)cc1. The first-order valence-corrected chi connectivity index (χ1v) is 7.75. The number of benzene rings is 2. The van der Waals surface area contributed by atoms with Gasteiger partial charge in [0.2, 0.25) is 0 Å². The van der Waals surface area contributed by atoms with Crippen molar-refractivity contribution < 1.29 is 0 Å². The molecule has 0 spiro atoms. The fraction of sp³-hybridized carbons (Fsp3) is 0.400. The van der Waals surface area contributed by atoms with Crippen LogP contribution in [0.15, 0.2) is 48.5 Å². The fourth-order valence-electron chi connectivity index (χ4n) is 2.72. The van der Waals surface area contributed by atoms with E-state index < -0.39 is 0 Å². The molecule has 0 aliphatic rings. The van der Waals surface area contributed by atoms with E-state index in [0.29, 0.717) is 5.92 Å². The minimum atomic E-state index is -0.0679. The zero-order chi connectivity index (χ0) is 15.6. The fourth-order valence-corrected chi connectivity index (χ4v) is 2.72. The molecule has 0 aliphatic heterocycles. The van der Waals surface area contributed by atoms with Crippen LogP contribution in [0, 0.1) is 0 Å². The molecule has 1 atom stereocenters. The molecular weight excluding hydrogens is 254 g/mol. The molecule has 0 aliphatic carbocycles. The van der Waals surface area contributed by atoms with E-state index in [-0.39, 0.29) is 11.5 Å². The topological polar surface area (TPSA) is 26.0 Å². The Bertz CT molecular complexity index is 588. The van der Waals surface area contributed by atoms with Crippen LogP contribution >= 0.6 is 0 Å². The molecule has 0 saturated heterocycles. The summed E-state index contributed by atoms with van der Waals surface area (Å²) in [5, 5.41) is 0. The molecule has 0 amide bonds. The Morgan fingerprint density at radius 2 is 1.33 bits per heavy atom. The lowest BCUT2D eigenvalue weighted by atomic mass is 9.80. The van der Waals surface area contributed by atoms with E-state index in [1.54, 1.807) is 0 Å². The first-order valence-electron chi connectivity index (χ1n) is 7.75. The van der Waals surface area contributed by atoms with E-state index in [1.165, 1.54) is 22.3 Å². The molecule has 0 saturated carbocycles. The van der Waals surface area contributed by atoms with Gasteiger partial charge in [0.25, 0.3) is 0 Å². The van der Waals surface area contributed by atoms with Gasteiger partial charge in [0, 0.05) is 0 Å². The van der Waals surface area contributed by atoms with Crippen molar-refractivity contribution in [1.82, 2.24) is 0 Å². The Morgan fingerprint density at radius 3 is 1.86 bits per heavy atom. The number of rotatable bonds is 3. The molecule has 0 aromatic heterocycles. The van der Waals surface area contributed by atoms with Gasteiger partial charge in [-0.2, -0.15) is 0 Å². The second kappa shape index (κ2) is 6.03. The van der Waals surface area contributed by atoms with Crippen molar-refractivity contribution in [3.05, 3.63) is 70.8 Å². The molecule has 2 rings (SSSR count). The summed E-state index contributed by atoms with van der Waals surface area (Å²) in [5.74, 6) is 0.553. The molecular formula is C20H27N. The normalized spacial score (nSPS) is 13.5. The Kier molecular flexibility index (Phi) is 4.53. The number of hydrogen-bond acceptors (Lipinski definition) is 1. The summed E-state index contributed by atoms with van der Waals surface area (Å²) in [4.78, 5) is 0. The predicted molar refractivity (Wildman–Crippen MR) is 91.7 cm³/mol. The van der Waals surface area contributed by atoms with Crippen molar-refractivity contribution in [1.29, 1.82) is 0 Å². The van der Waals surface area contributed by atoms with Crippen LogP contribution in [0.2, 0.25) is 0 Å². The smallest absolute Gasteiger partial charge is 0.0554 e. The van der Waals surface area contributed by atoms with Crippen LogP contribution in [0.4, 0.5) is 0 Å². The Balaban J connectivity index is 2.38. The Labute approximate surface area is 129 Å². The van der Waals surface area contributed by atoms with Crippen LogP contribution in [0.25, 0.3) is 0 Å². The third kappa shape index (κ3) is 3.54. The second-order valence-electron chi connectivity index (χ2n) is 7.14. The van der Waals surface area contributed by atoms with E-state index >= 15 is 0 Å². The molecule has 21 heavy (non-hydrogen) atoms. The van der Waals surface area contributed by atoms with Crippen LogP contribution in [0.3, 0.4) is 0 Å². The molecule has 0 fully saturated rings. The molecule has 112 valence electrons. The predicted octanol–water partition coefficient (Wildman–Crippen LogP) is 5.16. The van der Waals surface area contributed by atoms with Gasteiger partial charge in [-0.3, -0.25) is 0 Å². The molecule has 2 N–H and O–H groups in total. The van der Waals surface area contributed by atoms with E-state index in [2.05, 4.69) is 83.1 Å². The maximum atomic E-state index is 6.54. The molecule has 2 aromatic carbocycles. The van der Waals surface area contributed by atoms with Gasteiger partial charge in [-0.05, 0) is 33.6 Å². The van der Waals surface area contributed by atoms with Crippen LogP contribution < -0.4 is 5.73 Å². The first kappa shape index (κ1) is 15.8. The zero-order valence-corrected chi connectivity index (χ0v) is 13.9. The maximum absolute atomic E-state index is 6.54. The van der Waals surface area contributed by atoms with Crippen molar-refractivity contribution in [2.45, 2.75) is 52.0 Å². The minimum Gasteiger partial charge on any atom is -0.320 e. The lowest BCUT2D eigenvalue weighted by molar-refractivity contribution is 0.578. The van der Waals surface area contributed by atoms with Crippen LogP contribution in [0.1, 0.15) is 68.8 Å². The van der Waals surface area contributed by atoms with Crippen LogP contribution in [-0.2, 0) is 5.41 Å². The van der Waals surface area contributed by atoms with Gasteiger partial charge in [0.15, 0.2) is 0 Å². The maximum Gasteiger partial charge on any atom is 0.0554 e. The molecule has 0 bridgehead atoms. The van der Waals surface area contributed by atoms with Crippen molar-refractivity contribution in [2.75, 3.05) is 0 Å². The van der Waals surface area contributed by atoms with E-state index in [0.717, 1.165) is 0 Å². The third-order valence-electron chi connectivity index (χ3n) is 4.07. The Morgan fingerprint density at radius 1 is 0.810 bits per heavy atom. The molecule has 1 heteroatoms. The monoisotopic (exact) mass is 281 g/mol. The van der Waals surface area contributed by atoms with Crippen molar-refractivity contribution in [3.63, 3.8) is 0 Å². The van der Waals surface area contributed by atoms with Gasteiger partial charge in [0.1, 0.15) is 0 Å². The second-order valence-corrected chi connectivity index (χ2v) is 7.14. The minimum absolute atomic E-state index is 0.0679. The molecule has 0 radical (unpaired) electrons. The Hall–Kier alpha value is -1.60. The highest BCUT2D eigenvalue weighted by Crippen LogP contribution is 2.31. The summed E-state index contributed by atoms with van der Waals surface area (Å²) >= 11 is 0. The van der Waals surface area contributed by atoms with E-state index in [1.807, 2.05) is 0 Å². The first-order chi connectivity index (χ1) is 9.80. The quantitative estimate of drug-likeness (QED) is 0.826. The summed E-state index contributed by atoms with van der Waals surface area (Å²) in [5.41, 5.74) is 11.7. The van der Waals surface area contributed by atoms with Gasteiger partial charge in [0.05, 0.1) is 6.04 Å². The van der Waals surface area contributed by atoms with Gasteiger partial charge in [-0.15, -0.1) is 0 Å². The van der Waals surface area contributed by atoms with Gasteiger partial charge >= 0.3 is 0 Å². The molecule has 1 unspecified atom stereocenters. The summed E-state index contributed by atoms with van der Waals surface area (Å²) in [6.07, 6.45) is 0. The van der Waals surface area contributed by atoms with Crippen molar-refractivity contribution >= 4 is 0 Å². The van der Waals surface area contributed by atoms with Gasteiger partial charge < -0.3 is 5.73 Å². The molecule has 2 aromatic rings.